The molecular weight excluding hydrogens is 281 g/mol. The highest BCUT2D eigenvalue weighted by molar-refractivity contribution is 6.31. The average molecular weight is 287 g/mol. The molecule has 0 bridgehead atoms. The number of carboxylic acids is 1. The minimum Gasteiger partial charge on any atom is -0.478 e. The molecule has 0 aliphatic carbocycles. The lowest BCUT2D eigenvalue weighted by Crippen LogP contribution is -2.01. The zero-order chi connectivity index (χ0) is 14.2. The molecule has 0 heterocycles. The largest absolute Gasteiger partial charge is 0.478 e. The lowest BCUT2D eigenvalue weighted by atomic mass is 9.99. The molecular formula is C13H6ClF3O2. The highest BCUT2D eigenvalue weighted by Gasteiger charge is 2.17. The maximum atomic E-state index is 13.6. The summed E-state index contributed by atoms with van der Waals surface area (Å²) in [6.45, 7) is 0. The molecule has 0 unspecified atom stereocenters. The van der Waals surface area contributed by atoms with Crippen molar-refractivity contribution in [1.29, 1.82) is 0 Å². The van der Waals surface area contributed by atoms with Gasteiger partial charge in [0.25, 0.3) is 0 Å². The number of carboxylic acid groups (broad SMARTS) is 1. The Morgan fingerprint density at radius 3 is 2.21 bits per heavy atom. The van der Waals surface area contributed by atoms with E-state index in [4.69, 9.17) is 16.7 Å². The first-order chi connectivity index (χ1) is 8.90. The van der Waals surface area contributed by atoms with E-state index < -0.39 is 23.4 Å². The third-order valence-corrected chi connectivity index (χ3v) is 2.75. The molecule has 19 heavy (non-hydrogen) atoms. The zero-order valence-corrected chi connectivity index (χ0v) is 10.0. The standard InChI is InChI=1S/C13H6ClF3O2/c14-6-1-2-7(9(3-6)13(18)19)8-4-11(16)12(17)5-10(8)15/h1-5H,(H,18,19). The minimum absolute atomic E-state index is 0.0756. The summed E-state index contributed by atoms with van der Waals surface area (Å²) in [6.07, 6.45) is 0. The smallest absolute Gasteiger partial charge is 0.336 e. The Labute approximate surface area is 111 Å². The molecule has 0 radical (unpaired) electrons. The van der Waals surface area contributed by atoms with Gasteiger partial charge in [0.05, 0.1) is 5.56 Å². The maximum absolute atomic E-state index is 13.6. The normalized spacial score (nSPS) is 10.5. The van der Waals surface area contributed by atoms with Crippen LogP contribution in [0.15, 0.2) is 30.3 Å². The van der Waals surface area contributed by atoms with E-state index in [1.807, 2.05) is 0 Å². The predicted molar refractivity (Wildman–Crippen MR) is 63.7 cm³/mol. The van der Waals surface area contributed by atoms with Crippen LogP contribution in [0.3, 0.4) is 0 Å². The Kier molecular flexibility index (Phi) is 3.48. The number of hydrogen-bond acceptors (Lipinski definition) is 1. The van der Waals surface area contributed by atoms with Crippen LogP contribution in [0.1, 0.15) is 10.4 Å². The first-order valence-electron chi connectivity index (χ1n) is 5.08. The zero-order valence-electron chi connectivity index (χ0n) is 9.25. The molecule has 2 aromatic carbocycles. The van der Waals surface area contributed by atoms with Crippen LogP contribution in [-0.2, 0) is 0 Å². The van der Waals surface area contributed by atoms with Gasteiger partial charge >= 0.3 is 5.97 Å². The molecule has 0 spiro atoms. The predicted octanol–water partition coefficient (Wildman–Crippen LogP) is 4.12. The van der Waals surface area contributed by atoms with Crippen LogP contribution in [0.2, 0.25) is 5.02 Å². The molecule has 0 saturated carbocycles. The van der Waals surface area contributed by atoms with Crippen LogP contribution in [0.25, 0.3) is 11.1 Å². The monoisotopic (exact) mass is 286 g/mol. The first-order valence-corrected chi connectivity index (χ1v) is 5.45. The minimum atomic E-state index is -1.35. The second-order valence-electron chi connectivity index (χ2n) is 3.74. The van der Waals surface area contributed by atoms with Crippen molar-refractivity contribution in [2.45, 2.75) is 0 Å². The van der Waals surface area contributed by atoms with E-state index >= 15 is 0 Å². The summed E-state index contributed by atoms with van der Waals surface area (Å²) in [5, 5.41) is 9.16. The van der Waals surface area contributed by atoms with Gasteiger partial charge in [0.15, 0.2) is 11.6 Å². The van der Waals surface area contributed by atoms with Gasteiger partial charge in [0.2, 0.25) is 0 Å². The highest BCUT2D eigenvalue weighted by atomic mass is 35.5. The molecule has 0 aliphatic rings. The van der Waals surface area contributed by atoms with E-state index in [9.17, 15) is 18.0 Å². The molecule has 98 valence electrons. The van der Waals surface area contributed by atoms with Crippen LogP contribution in [0.5, 0.6) is 0 Å². The van der Waals surface area contributed by atoms with E-state index in [1.54, 1.807) is 0 Å². The quantitative estimate of drug-likeness (QED) is 0.843. The van der Waals surface area contributed by atoms with Crippen LogP contribution in [0, 0.1) is 17.5 Å². The Bertz CT molecular complexity index is 671. The molecule has 0 atom stereocenters. The Balaban J connectivity index is 2.72. The Hall–Kier alpha value is -2.01. The number of hydrogen-bond donors (Lipinski definition) is 1. The number of carbonyl (C=O) groups is 1. The van der Waals surface area contributed by atoms with Crippen LogP contribution >= 0.6 is 11.6 Å². The molecule has 0 fully saturated rings. The number of halogens is 4. The number of benzene rings is 2. The molecule has 0 aliphatic heterocycles. The van der Waals surface area contributed by atoms with E-state index in [0.29, 0.717) is 12.1 Å². The van der Waals surface area contributed by atoms with E-state index in [2.05, 4.69) is 0 Å². The number of rotatable bonds is 2. The maximum Gasteiger partial charge on any atom is 0.336 e. The summed E-state index contributed by atoms with van der Waals surface area (Å²) in [7, 11) is 0. The van der Waals surface area contributed by atoms with E-state index in [-0.39, 0.29) is 21.7 Å². The summed E-state index contributed by atoms with van der Waals surface area (Å²) < 4.78 is 39.6. The molecule has 2 aromatic rings. The van der Waals surface area contributed by atoms with Crippen molar-refractivity contribution < 1.29 is 23.1 Å². The van der Waals surface area contributed by atoms with Gasteiger partial charge in [-0.05, 0) is 23.8 Å². The second kappa shape index (κ2) is 4.93. The fourth-order valence-corrected chi connectivity index (χ4v) is 1.83. The third kappa shape index (κ3) is 2.56. The van der Waals surface area contributed by atoms with Gasteiger partial charge in [0, 0.05) is 16.7 Å². The van der Waals surface area contributed by atoms with Crippen molar-refractivity contribution >= 4 is 17.6 Å². The van der Waals surface area contributed by atoms with E-state index in [1.165, 1.54) is 12.1 Å². The summed E-state index contributed by atoms with van der Waals surface area (Å²) in [4.78, 5) is 11.1. The lowest BCUT2D eigenvalue weighted by molar-refractivity contribution is 0.0697. The summed E-state index contributed by atoms with van der Waals surface area (Å²) in [6, 6.07) is 4.66. The fourth-order valence-electron chi connectivity index (χ4n) is 1.66. The second-order valence-corrected chi connectivity index (χ2v) is 4.18. The summed E-state index contributed by atoms with van der Waals surface area (Å²) in [5.74, 6) is -5.00. The van der Waals surface area contributed by atoms with E-state index in [0.717, 1.165) is 6.07 Å². The fraction of sp³-hybridized carbons (Fsp3) is 0. The Morgan fingerprint density at radius 2 is 1.58 bits per heavy atom. The topological polar surface area (TPSA) is 37.3 Å². The Morgan fingerprint density at radius 1 is 0.947 bits per heavy atom. The van der Waals surface area contributed by atoms with Crippen molar-refractivity contribution in [3.05, 3.63) is 58.4 Å². The van der Waals surface area contributed by atoms with Gasteiger partial charge in [0.1, 0.15) is 5.82 Å². The first kappa shape index (κ1) is 13.4. The molecule has 0 aromatic heterocycles. The van der Waals surface area contributed by atoms with Crippen molar-refractivity contribution in [2.24, 2.45) is 0 Å². The molecule has 1 N–H and O–H groups in total. The van der Waals surface area contributed by atoms with Crippen molar-refractivity contribution in [3.63, 3.8) is 0 Å². The molecule has 0 saturated heterocycles. The summed E-state index contributed by atoms with van der Waals surface area (Å²) >= 11 is 5.65. The molecule has 2 rings (SSSR count). The lowest BCUT2D eigenvalue weighted by Gasteiger charge is -2.08. The number of aromatic carboxylic acids is 1. The van der Waals surface area contributed by atoms with Gasteiger partial charge < -0.3 is 5.11 Å². The van der Waals surface area contributed by atoms with Crippen molar-refractivity contribution in [2.75, 3.05) is 0 Å². The van der Waals surface area contributed by atoms with Gasteiger partial charge in [-0.1, -0.05) is 17.7 Å². The van der Waals surface area contributed by atoms with Crippen molar-refractivity contribution in [1.82, 2.24) is 0 Å². The third-order valence-electron chi connectivity index (χ3n) is 2.51. The van der Waals surface area contributed by atoms with Crippen LogP contribution < -0.4 is 0 Å². The van der Waals surface area contributed by atoms with Gasteiger partial charge in [-0.15, -0.1) is 0 Å². The van der Waals surface area contributed by atoms with Gasteiger partial charge in [-0.25, -0.2) is 18.0 Å². The summed E-state index contributed by atoms with van der Waals surface area (Å²) in [5.41, 5.74) is -0.710. The molecule has 2 nitrogen and oxygen atoms in total. The van der Waals surface area contributed by atoms with Gasteiger partial charge in [-0.2, -0.15) is 0 Å². The van der Waals surface area contributed by atoms with Gasteiger partial charge in [-0.3, -0.25) is 0 Å². The van der Waals surface area contributed by atoms with Crippen LogP contribution in [-0.4, -0.2) is 11.1 Å². The SMILES string of the molecule is O=C(O)c1cc(Cl)ccc1-c1cc(F)c(F)cc1F. The molecule has 6 heteroatoms. The average Bonchev–Trinajstić information content (AvgIpc) is 2.34. The highest BCUT2D eigenvalue weighted by Crippen LogP contribution is 2.30. The molecule has 0 amide bonds. The van der Waals surface area contributed by atoms with Crippen LogP contribution in [0.4, 0.5) is 13.2 Å². The van der Waals surface area contributed by atoms with Crippen molar-refractivity contribution in [3.8, 4) is 11.1 Å².